The van der Waals surface area contributed by atoms with Gasteiger partial charge in [0.2, 0.25) is 11.8 Å². The molecule has 5 rings (SSSR count). The minimum absolute atomic E-state index is 0.0282. The van der Waals surface area contributed by atoms with Crippen LogP contribution in [-0.4, -0.2) is 102 Å². The number of carboxylic acids is 1. The third-order valence-corrected chi connectivity index (χ3v) is 10.1. The Morgan fingerprint density at radius 2 is 1.83 bits per heavy atom. The van der Waals surface area contributed by atoms with E-state index in [-0.39, 0.29) is 43.4 Å². The highest BCUT2D eigenvalue weighted by Gasteiger charge is 2.35. The van der Waals surface area contributed by atoms with E-state index < -0.39 is 26.6 Å². The minimum Gasteiger partial charge on any atom is -0.480 e. The van der Waals surface area contributed by atoms with E-state index in [1.165, 1.54) is 0 Å². The highest BCUT2D eigenvalue weighted by Crippen LogP contribution is 2.42. The zero-order valence-electron chi connectivity index (χ0n) is 30.0. The van der Waals surface area contributed by atoms with Gasteiger partial charge >= 0.3 is 14.6 Å². The van der Waals surface area contributed by atoms with Crippen LogP contribution in [0.5, 0.6) is 0 Å². The van der Waals surface area contributed by atoms with E-state index in [0.717, 1.165) is 48.1 Å². The number of carbonyl (C=O) groups excluding carboxylic acids is 2. The molecule has 5 N–H and O–H groups in total. The van der Waals surface area contributed by atoms with Crippen LogP contribution in [0.1, 0.15) is 63.4 Å². The zero-order valence-corrected chi connectivity index (χ0v) is 30.9. The van der Waals surface area contributed by atoms with Crippen molar-refractivity contribution in [3.05, 3.63) is 54.1 Å². The standard InChI is InChI=1S/C36H48BN6O9P/c1-49-23-30-29(21-31(37)51-30)52-53(48)50-20-9-3-2-8-18-39-32(44)16-17-33(45)42-22-24-11-4-5-12-25(24)35-34(26-13-6-7-15-28(26)42)40-41-43(35)19-10-14-27(38)36(46)47/h4-7,11-13,15,27,29-31,48H,2-3,8-10,14,16-23,38H2,1H3,(H,39,44)(H,46,47). The molecular formula is C36H48BN6O9P. The summed E-state index contributed by atoms with van der Waals surface area (Å²) in [6, 6.07) is 13.9. The van der Waals surface area contributed by atoms with E-state index in [9.17, 15) is 24.4 Å². The van der Waals surface area contributed by atoms with Crippen LogP contribution in [0.3, 0.4) is 0 Å². The molecule has 0 aliphatic carbocycles. The van der Waals surface area contributed by atoms with Crippen LogP contribution in [-0.2, 0) is 46.0 Å². The molecule has 53 heavy (non-hydrogen) atoms. The van der Waals surface area contributed by atoms with Crippen molar-refractivity contribution in [3.8, 4) is 22.5 Å². The number of nitrogens with one attached hydrogen (secondary N) is 1. The third kappa shape index (κ3) is 11.1. The predicted molar refractivity (Wildman–Crippen MR) is 199 cm³/mol. The first-order chi connectivity index (χ1) is 25.7. The van der Waals surface area contributed by atoms with Crippen LogP contribution in [0.2, 0.25) is 0 Å². The van der Waals surface area contributed by atoms with Gasteiger partial charge in [-0.05, 0) is 43.7 Å². The lowest BCUT2D eigenvalue weighted by atomic mass is 9.95. The number of ether oxygens (including phenoxy) is 2. The molecule has 1 saturated heterocycles. The Hall–Kier alpha value is -3.76. The summed E-state index contributed by atoms with van der Waals surface area (Å²) in [5, 5.41) is 21.1. The van der Waals surface area contributed by atoms with Gasteiger partial charge in [0.25, 0.3) is 0 Å². The molecular weight excluding hydrogens is 702 g/mol. The van der Waals surface area contributed by atoms with Gasteiger partial charge in [-0.15, -0.1) is 5.10 Å². The summed E-state index contributed by atoms with van der Waals surface area (Å²) in [5.74, 6) is -1.43. The fraction of sp³-hybridized carbons (Fsp3) is 0.528. The number of hydrogen-bond donors (Lipinski definition) is 4. The zero-order chi connectivity index (χ0) is 37.7. The summed E-state index contributed by atoms with van der Waals surface area (Å²) in [7, 11) is 5.34. The summed E-state index contributed by atoms with van der Waals surface area (Å²) in [6.07, 6.45) is 3.82. The number of aromatic nitrogens is 3. The van der Waals surface area contributed by atoms with Gasteiger partial charge < -0.3 is 44.5 Å². The molecule has 1 fully saturated rings. The Morgan fingerprint density at radius 1 is 1.08 bits per heavy atom. The van der Waals surface area contributed by atoms with Gasteiger partial charge in [0.1, 0.15) is 25.7 Å². The van der Waals surface area contributed by atoms with Crippen LogP contribution in [0, 0.1) is 0 Å². The molecule has 2 aliphatic heterocycles. The molecule has 2 aliphatic rings. The lowest BCUT2D eigenvalue weighted by Crippen LogP contribution is -2.33. The molecule has 17 heteroatoms. The second kappa shape index (κ2) is 20.1. The number of amides is 2. The number of carbonyl (C=O) groups is 3. The average Bonchev–Trinajstić information content (AvgIpc) is 3.71. The lowest BCUT2D eigenvalue weighted by molar-refractivity contribution is -0.138. The minimum atomic E-state index is -2.05. The second-order valence-electron chi connectivity index (χ2n) is 13.1. The van der Waals surface area contributed by atoms with Crippen LogP contribution < -0.4 is 16.0 Å². The third-order valence-electron chi connectivity index (χ3n) is 9.24. The van der Waals surface area contributed by atoms with E-state index >= 15 is 0 Å². The molecule has 284 valence electrons. The van der Waals surface area contributed by atoms with Crippen molar-refractivity contribution < 1.29 is 42.9 Å². The van der Waals surface area contributed by atoms with Crippen molar-refractivity contribution in [1.29, 1.82) is 0 Å². The van der Waals surface area contributed by atoms with Gasteiger partial charge in [-0.25, -0.2) is 4.68 Å². The predicted octanol–water partition coefficient (Wildman–Crippen LogP) is 3.66. The number of para-hydroxylation sites is 1. The Labute approximate surface area is 311 Å². The Bertz CT molecular complexity index is 1680. The highest BCUT2D eigenvalue weighted by atomic mass is 31.2. The molecule has 5 atom stereocenters. The van der Waals surface area contributed by atoms with Gasteiger partial charge in [0.05, 0.1) is 37.2 Å². The number of carboxylic acid groups (broad SMARTS) is 1. The normalized spacial score (nSPS) is 19.0. The number of unbranched alkanes of at least 4 members (excludes halogenated alkanes) is 3. The Morgan fingerprint density at radius 3 is 2.62 bits per heavy atom. The van der Waals surface area contributed by atoms with E-state index in [2.05, 4.69) is 15.6 Å². The Balaban J connectivity index is 1.08. The first-order valence-electron chi connectivity index (χ1n) is 18.0. The SMILES string of the molecule is [B]C1CC(OP(O)OCCCCCCNC(=O)CCC(=O)N2Cc3ccccc3-c3c(nnn3CCCC(N)C(=O)O)-c3ccccc32)C(COC)O1. The molecule has 0 spiro atoms. The van der Waals surface area contributed by atoms with Crippen molar-refractivity contribution in [2.45, 2.75) is 95.1 Å². The number of hydrogen-bond acceptors (Lipinski definition) is 11. The molecule has 2 radical (unpaired) electrons. The number of methoxy groups -OCH3 is 1. The van der Waals surface area contributed by atoms with Gasteiger partial charge in [-0.3, -0.25) is 14.4 Å². The molecule has 1 aromatic heterocycles. The molecule has 3 aromatic rings. The van der Waals surface area contributed by atoms with E-state index in [1.54, 1.807) is 16.7 Å². The smallest absolute Gasteiger partial charge is 0.330 e. The first-order valence-corrected chi connectivity index (χ1v) is 19.1. The lowest BCUT2D eigenvalue weighted by Gasteiger charge is -2.28. The summed E-state index contributed by atoms with van der Waals surface area (Å²) in [4.78, 5) is 49.6. The number of rotatable bonds is 20. The maximum atomic E-state index is 13.8. The summed E-state index contributed by atoms with van der Waals surface area (Å²) in [5.41, 5.74) is 10.3. The van der Waals surface area contributed by atoms with Gasteiger partial charge in [-0.1, -0.05) is 60.5 Å². The maximum Gasteiger partial charge on any atom is 0.330 e. The van der Waals surface area contributed by atoms with Crippen molar-refractivity contribution in [2.24, 2.45) is 5.73 Å². The van der Waals surface area contributed by atoms with E-state index in [1.807, 2.05) is 48.5 Å². The summed E-state index contributed by atoms with van der Waals surface area (Å²) >= 11 is 0. The number of aryl methyl sites for hydroxylation is 1. The summed E-state index contributed by atoms with van der Waals surface area (Å²) < 4.78 is 23.5. The molecule has 0 saturated carbocycles. The number of anilines is 1. The fourth-order valence-electron chi connectivity index (χ4n) is 6.49. The molecule has 5 unspecified atom stereocenters. The van der Waals surface area contributed by atoms with E-state index in [0.29, 0.717) is 56.9 Å². The van der Waals surface area contributed by atoms with Crippen molar-refractivity contribution >= 4 is 39.9 Å². The topological polar surface area (TPSA) is 201 Å². The van der Waals surface area contributed by atoms with Crippen molar-refractivity contribution in [3.63, 3.8) is 0 Å². The maximum absolute atomic E-state index is 13.8. The van der Waals surface area contributed by atoms with Crippen LogP contribution in [0.25, 0.3) is 22.5 Å². The average molecular weight is 751 g/mol. The fourth-order valence-corrected chi connectivity index (χ4v) is 7.29. The van der Waals surface area contributed by atoms with Gasteiger partial charge in [0.15, 0.2) is 0 Å². The molecule has 2 aromatic carbocycles. The molecule has 15 nitrogen and oxygen atoms in total. The quantitative estimate of drug-likeness (QED) is 0.0744. The largest absolute Gasteiger partial charge is 0.480 e. The number of nitrogens with two attached hydrogens (primary N) is 1. The van der Waals surface area contributed by atoms with Crippen molar-refractivity contribution in [1.82, 2.24) is 20.3 Å². The van der Waals surface area contributed by atoms with Crippen LogP contribution in [0.15, 0.2) is 48.5 Å². The van der Waals surface area contributed by atoms with E-state index in [4.69, 9.17) is 32.1 Å². The number of benzene rings is 2. The van der Waals surface area contributed by atoms with Gasteiger partial charge in [-0.2, -0.15) is 0 Å². The second-order valence-corrected chi connectivity index (χ2v) is 14.1. The monoisotopic (exact) mass is 750 g/mol. The summed E-state index contributed by atoms with van der Waals surface area (Å²) in [6.45, 7) is 1.87. The number of nitrogens with zero attached hydrogens (tertiary/aromatic N) is 4. The van der Waals surface area contributed by atoms with Gasteiger partial charge in [0, 0.05) is 50.2 Å². The van der Waals surface area contributed by atoms with Crippen molar-refractivity contribution in [2.75, 3.05) is 31.8 Å². The molecule has 2 amide bonds. The Kier molecular flexibility index (Phi) is 15.3. The van der Waals surface area contributed by atoms with Crippen LogP contribution >= 0.6 is 8.60 Å². The highest BCUT2D eigenvalue weighted by molar-refractivity contribution is 7.40. The van der Waals surface area contributed by atoms with Crippen LogP contribution in [0.4, 0.5) is 5.69 Å². The first kappa shape index (κ1) is 40.4. The number of fused-ring (bicyclic) bond motifs is 5. The number of aliphatic carboxylic acids is 1. The molecule has 3 heterocycles. The molecule has 0 bridgehead atoms.